The van der Waals surface area contributed by atoms with Gasteiger partial charge in [-0.1, -0.05) is 55.9 Å². The van der Waals surface area contributed by atoms with E-state index in [1.165, 1.54) is 17.3 Å². The van der Waals surface area contributed by atoms with Crippen molar-refractivity contribution in [2.75, 3.05) is 12.8 Å². The first-order chi connectivity index (χ1) is 10.7. The molecule has 1 N–H and O–H groups in total. The highest BCUT2D eigenvalue weighted by molar-refractivity contribution is 7.98. The van der Waals surface area contributed by atoms with Crippen molar-refractivity contribution >= 4 is 17.7 Å². The van der Waals surface area contributed by atoms with Crippen LogP contribution in [-0.4, -0.2) is 28.7 Å². The molecule has 5 heteroatoms. The standard InChI is InChI=1S/C17H21N3OS/c1-4-15-14(11-19-17(20-15)22-3)16(21)18-10-12(2)13-8-6-5-7-9-13/h5-9,11-12H,4,10H2,1-3H3,(H,18,21)/t12-/m0/s1. The van der Waals surface area contributed by atoms with Crippen molar-refractivity contribution < 1.29 is 4.79 Å². The smallest absolute Gasteiger partial charge is 0.254 e. The van der Waals surface area contributed by atoms with Crippen LogP contribution in [0.2, 0.25) is 0 Å². The number of amides is 1. The van der Waals surface area contributed by atoms with Gasteiger partial charge in [-0.2, -0.15) is 0 Å². The van der Waals surface area contributed by atoms with E-state index in [-0.39, 0.29) is 11.8 Å². The minimum absolute atomic E-state index is 0.104. The first-order valence-electron chi connectivity index (χ1n) is 7.38. The van der Waals surface area contributed by atoms with Gasteiger partial charge in [-0.3, -0.25) is 4.79 Å². The Hall–Kier alpha value is -1.88. The van der Waals surface area contributed by atoms with Gasteiger partial charge < -0.3 is 5.32 Å². The Morgan fingerprint density at radius 2 is 2.05 bits per heavy atom. The second kappa shape index (κ2) is 7.94. The molecule has 0 unspecified atom stereocenters. The first-order valence-corrected chi connectivity index (χ1v) is 8.61. The van der Waals surface area contributed by atoms with Crippen LogP contribution in [0, 0.1) is 0 Å². The minimum atomic E-state index is -0.104. The first kappa shape index (κ1) is 16.5. The SMILES string of the molecule is CCc1nc(SC)ncc1C(=O)NC[C@H](C)c1ccccc1. The second-order valence-electron chi connectivity index (χ2n) is 5.09. The van der Waals surface area contributed by atoms with Crippen LogP contribution in [0.25, 0.3) is 0 Å². The number of hydrogen-bond donors (Lipinski definition) is 1. The molecule has 22 heavy (non-hydrogen) atoms. The molecule has 1 aromatic heterocycles. The Kier molecular flexibility index (Phi) is 5.95. The fraction of sp³-hybridized carbons (Fsp3) is 0.353. The summed E-state index contributed by atoms with van der Waals surface area (Å²) in [6.07, 6.45) is 4.27. The van der Waals surface area contributed by atoms with Crippen LogP contribution < -0.4 is 5.32 Å². The third kappa shape index (κ3) is 4.07. The van der Waals surface area contributed by atoms with Crippen LogP contribution in [-0.2, 0) is 6.42 Å². The summed E-state index contributed by atoms with van der Waals surface area (Å²) >= 11 is 1.48. The zero-order valence-electron chi connectivity index (χ0n) is 13.2. The molecule has 1 amide bonds. The lowest BCUT2D eigenvalue weighted by molar-refractivity contribution is 0.0949. The van der Waals surface area contributed by atoms with Gasteiger partial charge in [0.25, 0.3) is 5.91 Å². The van der Waals surface area contributed by atoms with Crippen molar-refractivity contribution in [2.45, 2.75) is 31.3 Å². The zero-order valence-corrected chi connectivity index (χ0v) is 14.0. The summed E-state index contributed by atoms with van der Waals surface area (Å²) in [7, 11) is 0. The average Bonchev–Trinajstić information content (AvgIpc) is 2.59. The topological polar surface area (TPSA) is 54.9 Å². The van der Waals surface area contributed by atoms with Gasteiger partial charge in [-0.25, -0.2) is 9.97 Å². The summed E-state index contributed by atoms with van der Waals surface area (Å²) in [6, 6.07) is 10.2. The fourth-order valence-corrected chi connectivity index (χ4v) is 2.56. The van der Waals surface area contributed by atoms with Crippen LogP contribution >= 0.6 is 11.8 Å². The van der Waals surface area contributed by atoms with Crippen molar-refractivity contribution in [1.82, 2.24) is 15.3 Å². The molecular formula is C17H21N3OS. The molecule has 116 valence electrons. The second-order valence-corrected chi connectivity index (χ2v) is 5.87. The Balaban J connectivity index is 2.03. The number of benzene rings is 1. The number of rotatable bonds is 6. The van der Waals surface area contributed by atoms with Gasteiger partial charge in [0.15, 0.2) is 5.16 Å². The number of hydrogen-bond acceptors (Lipinski definition) is 4. The van der Waals surface area contributed by atoms with E-state index in [2.05, 4.69) is 34.3 Å². The Morgan fingerprint density at radius 3 is 2.68 bits per heavy atom. The molecule has 2 rings (SSSR count). The zero-order chi connectivity index (χ0) is 15.9. The number of nitrogens with one attached hydrogen (secondary N) is 1. The quantitative estimate of drug-likeness (QED) is 0.656. The molecule has 1 heterocycles. The molecule has 0 fully saturated rings. The summed E-state index contributed by atoms with van der Waals surface area (Å²) in [5.74, 6) is 0.161. The molecule has 0 radical (unpaired) electrons. The molecule has 0 saturated carbocycles. The predicted octanol–water partition coefficient (Wildman–Crippen LogP) is 3.29. The van der Waals surface area contributed by atoms with Crippen LogP contribution in [0.15, 0.2) is 41.7 Å². The molecule has 0 aliphatic rings. The number of aryl methyl sites for hydroxylation is 1. The van der Waals surface area contributed by atoms with Crippen molar-refractivity contribution in [1.29, 1.82) is 0 Å². The van der Waals surface area contributed by atoms with E-state index in [9.17, 15) is 4.79 Å². The third-order valence-electron chi connectivity index (χ3n) is 3.55. The van der Waals surface area contributed by atoms with Crippen LogP contribution in [0.3, 0.4) is 0 Å². The average molecular weight is 315 g/mol. The van der Waals surface area contributed by atoms with Gasteiger partial charge in [0, 0.05) is 12.7 Å². The molecule has 1 aromatic carbocycles. The third-order valence-corrected chi connectivity index (χ3v) is 4.11. The van der Waals surface area contributed by atoms with E-state index in [0.29, 0.717) is 23.7 Å². The Bertz CT molecular complexity index is 631. The lowest BCUT2D eigenvalue weighted by atomic mass is 10.0. The molecule has 1 atom stereocenters. The number of aromatic nitrogens is 2. The van der Waals surface area contributed by atoms with Crippen LogP contribution in [0.1, 0.15) is 41.4 Å². The molecule has 0 spiro atoms. The maximum absolute atomic E-state index is 12.4. The number of thioether (sulfide) groups is 1. The highest BCUT2D eigenvalue weighted by atomic mass is 32.2. The van der Waals surface area contributed by atoms with Crippen molar-refractivity contribution in [2.24, 2.45) is 0 Å². The summed E-state index contributed by atoms with van der Waals surface area (Å²) < 4.78 is 0. The monoisotopic (exact) mass is 315 g/mol. The van der Waals surface area contributed by atoms with Gasteiger partial charge in [0.05, 0.1) is 11.3 Å². The largest absolute Gasteiger partial charge is 0.351 e. The molecule has 0 aliphatic heterocycles. The molecule has 0 aliphatic carbocycles. The van der Waals surface area contributed by atoms with Crippen molar-refractivity contribution in [3.63, 3.8) is 0 Å². The van der Waals surface area contributed by atoms with Crippen molar-refractivity contribution in [3.05, 3.63) is 53.3 Å². The van der Waals surface area contributed by atoms with Crippen LogP contribution in [0.5, 0.6) is 0 Å². The molecular weight excluding hydrogens is 294 g/mol. The van der Waals surface area contributed by atoms with E-state index in [1.54, 1.807) is 6.20 Å². The highest BCUT2D eigenvalue weighted by Crippen LogP contribution is 2.15. The summed E-state index contributed by atoms with van der Waals surface area (Å²) in [4.78, 5) is 21.0. The summed E-state index contributed by atoms with van der Waals surface area (Å²) in [5.41, 5.74) is 2.58. The minimum Gasteiger partial charge on any atom is -0.351 e. The maximum atomic E-state index is 12.4. The Morgan fingerprint density at radius 1 is 1.32 bits per heavy atom. The lowest BCUT2D eigenvalue weighted by Gasteiger charge is -2.14. The predicted molar refractivity (Wildman–Crippen MR) is 90.4 cm³/mol. The van der Waals surface area contributed by atoms with E-state index in [0.717, 1.165) is 5.69 Å². The summed E-state index contributed by atoms with van der Waals surface area (Å²) in [5, 5.41) is 3.68. The molecule has 4 nitrogen and oxygen atoms in total. The lowest BCUT2D eigenvalue weighted by Crippen LogP contribution is -2.28. The number of nitrogens with zero attached hydrogens (tertiary/aromatic N) is 2. The van der Waals surface area contributed by atoms with E-state index in [4.69, 9.17) is 0 Å². The van der Waals surface area contributed by atoms with Gasteiger partial charge in [-0.15, -0.1) is 0 Å². The Labute approximate surface area is 135 Å². The molecule has 2 aromatic rings. The van der Waals surface area contributed by atoms with E-state index < -0.39 is 0 Å². The van der Waals surface area contributed by atoms with Crippen LogP contribution in [0.4, 0.5) is 0 Å². The van der Waals surface area contributed by atoms with Gasteiger partial charge in [0.2, 0.25) is 0 Å². The van der Waals surface area contributed by atoms with Crippen molar-refractivity contribution in [3.8, 4) is 0 Å². The van der Waals surface area contributed by atoms with E-state index in [1.807, 2.05) is 31.4 Å². The number of carbonyl (C=O) groups is 1. The highest BCUT2D eigenvalue weighted by Gasteiger charge is 2.14. The number of carbonyl (C=O) groups excluding carboxylic acids is 1. The fourth-order valence-electron chi connectivity index (χ4n) is 2.20. The van der Waals surface area contributed by atoms with Gasteiger partial charge in [0.1, 0.15) is 0 Å². The molecule has 0 saturated heterocycles. The summed E-state index contributed by atoms with van der Waals surface area (Å²) in [6.45, 7) is 4.69. The van der Waals surface area contributed by atoms with E-state index >= 15 is 0 Å². The van der Waals surface area contributed by atoms with Gasteiger partial charge >= 0.3 is 0 Å². The van der Waals surface area contributed by atoms with Gasteiger partial charge in [-0.05, 0) is 24.2 Å². The maximum Gasteiger partial charge on any atom is 0.254 e. The normalized spacial score (nSPS) is 12.0. The molecule has 0 bridgehead atoms.